The SMILES string of the molecule is COCCC(=O)N1CCc2nc([C@@H]3CCCN(Cc4cccc(F)c4)C3)[nH]c(=O)c2C1. The van der Waals surface area contributed by atoms with Crippen LogP contribution < -0.4 is 5.56 Å². The normalized spacial score (nSPS) is 19.3. The Balaban J connectivity index is 1.45. The van der Waals surface area contributed by atoms with Crippen molar-refractivity contribution >= 4 is 5.91 Å². The van der Waals surface area contributed by atoms with E-state index in [-0.39, 0.29) is 23.2 Å². The fraction of sp³-hybridized carbons (Fsp3) is 0.522. The molecule has 1 amide bonds. The topological polar surface area (TPSA) is 78.5 Å². The average molecular weight is 429 g/mol. The third-order valence-electron chi connectivity index (χ3n) is 6.15. The van der Waals surface area contributed by atoms with Crippen molar-refractivity contribution in [3.05, 3.63) is 63.1 Å². The van der Waals surface area contributed by atoms with Crippen molar-refractivity contribution < 1.29 is 13.9 Å². The van der Waals surface area contributed by atoms with Crippen LogP contribution in [0.2, 0.25) is 0 Å². The first-order valence-electron chi connectivity index (χ1n) is 10.9. The van der Waals surface area contributed by atoms with Gasteiger partial charge in [-0.1, -0.05) is 12.1 Å². The number of fused-ring (bicyclic) bond motifs is 1. The van der Waals surface area contributed by atoms with E-state index in [0.29, 0.717) is 44.6 Å². The van der Waals surface area contributed by atoms with Gasteiger partial charge in [0, 0.05) is 39.1 Å². The Morgan fingerprint density at radius 3 is 3.03 bits per heavy atom. The number of aromatic amines is 1. The van der Waals surface area contributed by atoms with Crippen molar-refractivity contribution in [3.8, 4) is 0 Å². The summed E-state index contributed by atoms with van der Waals surface area (Å²) in [6.07, 6.45) is 2.87. The number of hydrogen-bond acceptors (Lipinski definition) is 5. The number of nitrogens with one attached hydrogen (secondary N) is 1. The number of nitrogens with zero attached hydrogens (tertiary/aromatic N) is 3. The standard InChI is InChI=1S/C23H29FN4O3/c1-31-11-8-21(29)28-10-7-20-19(15-28)23(30)26-22(25-20)17-5-3-9-27(14-17)13-16-4-2-6-18(24)12-16/h2,4,6,12,17H,3,5,7-11,13-15H2,1H3,(H,25,26,30)/t17-/m1/s1. The molecule has 1 saturated heterocycles. The molecule has 1 aromatic heterocycles. The molecule has 2 aliphatic rings. The summed E-state index contributed by atoms with van der Waals surface area (Å²) in [5, 5.41) is 0. The largest absolute Gasteiger partial charge is 0.384 e. The van der Waals surface area contributed by atoms with Crippen LogP contribution in [0.1, 0.15) is 47.8 Å². The van der Waals surface area contributed by atoms with Crippen LogP contribution in [0.25, 0.3) is 0 Å². The average Bonchev–Trinajstić information content (AvgIpc) is 2.77. The third-order valence-corrected chi connectivity index (χ3v) is 6.15. The molecule has 166 valence electrons. The maximum absolute atomic E-state index is 13.5. The molecule has 1 aromatic carbocycles. The number of likely N-dealkylation sites (tertiary alicyclic amines) is 1. The quantitative estimate of drug-likeness (QED) is 0.763. The van der Waals surface area contributed by atoms with E-state index in [0.717, 1.165) is 43.0 Å². The van der Waals surface area contributed by atoms with E-state index in [1.807, 2.05) is 6.07 Å². The molecule has 8 heteroatoms. The molecular formula is C23H29FN4O3. The third kappa shape index (κ3) is 5.19. The molecule has 1 fully saturated rings. The highest BCUT2D eigenvalue weighted by atomic mass is 19.1. The lowest BCUT2D eigenvalue weighted by molar-refractivity contribution is -0.133. The summed E-state index contributed by atoms with van der Waals surface area (Å²) in [5.41, 5.74) is 2.20. The lowest BCUT2D eigenvalue weighted by Gasteiger charge is -2.33. The van der Waals surface area contributed by atoms with E-state index in [4.69, 9.17) is 9.72 Å². The van der Waals surface area contributed by atoms with Gasteiger partial charge in [0.2, 0.25) is 5.91 Å². The Bertz CT molecular complexity index is 993. The first kappa shape index (κ1) is 21.6. The minimum atomic E-state index is -0.221. The second-order valence-electron chi connectivity index (χ2n) is 8.39. The van der Waals surface area contributed by atoms with Crippen LogP contribution in [0.15, 0.2) is 29.1 Å². The number of amides is 1. The maximum Gasteiger partial charge on any atom is 0.256 e. The zero-order chi connectivity index (χ0) is 21.8. The van der Waals surface area contributed by atoms with Crippen molar-refractivity contribution in [2.24, 2.45) is 0 Å². The van der Waals surface area contributed by atoms with Gasteiger partial charge in [0.05, 0.1) is 30.8 Å². The van der Waals surface area contributed by atoms with Gasteiger partial charge in [-0.3, -0.25) is 14.5 Å². The lowest BCUT2D eigenvalue weighted by Crippen LogP contribution is -2.41. The zero-order valence-corrected chi connectivity index (χ0v) is 17.9. The van der Waals surface area contributed by atoms with Gasteiger partial charge < -0.3 is 14.6 Å². The monoisotopic (exact) mass is 428 g/mol. The van der Waals surface area contributed by atoms with Crippen LogP contribution in [0.3, 0.4) is 0 Å². The van der Waals surface area contributed by atoms with Crippen molar-refractivity contribution in [2.75, 3.05) is 33.4 Å². The van der Waals surface area contributed by atoms with Crippen LogP contribution >= 0.6 is 0 Å². The number of rotatable bonds is 6. The fourth-order valence-electron chi connectivity index (χ4n) is 4.51. The molecule has 0 aliphatic carbocycles. The molecule has 0 saturated carbocycles. The first-order chi connectivity index (χ1) is 15.0. The van der Waals surface area contributed by atoms with Gasteiger partial charge >= 0.3 is 0 Å². The Morgan fingerprint density at radius 2 is 2.23 bits per heavy atom. The number of H-pyrrole nitrogens is 1. The Hall–Kier alpha value is -2.58. The van der Waals surface area contributed by atoms with Crippen LogP contribution in [-0.4, -0.2) is 59.0 Å². The summed E-state index contributed by atoms with van der Waals surface area (Å²) in [7, 11) is 1.57. The number of carbonyl (C=O) groups excluding carboxylic acids is 1. The molecule has 0 radical (unpaired) electrons. The highest BCUT2D eigenvalue weighted by Crippen LogP contribution is 2.26. The van der Waals surface area contributed by atoms with Crippen LogP contribution in [0, 0.1) is 5.82 Å². The first-order valence-corrected chi connectivity index (χ1v) is 10.9. The molecule has 2 aromatic rings. The van der Waals surface area contributed by atoms with Gasteiger partial charge in [0.25, 0.3) is 5.56 Å². The van der Waals surface area contributed by atoms with Crippen molar-refractivity contribution in [3.63, 3.8) is 0 Å². The Morgan fingerprint density at radius 1 is 1.35 bits per heavy atom. The zero-order valence-electron chi connectivity index (χ0n) is 17.9. The molecule has 0 spiro atoms. The number of methoxy groups -OCH3 is 1. The second kappa shape index (κ2) is 9.70. The van der Waals surface area contributed by atoms with E-state index in [2.05, 4.69) is 9.88 Å². The van der Waals surface area contributed by atoms with E-state index >= 15 is 0 Å². The number of hydrogen-bond donors (Lipinski definition) is 1. The van der Waals surface area contributed by atoms with Gasteiger partial charge in [0.1, 0.15) is 11.6 Å². The summed E-state index contributed by atoms with van der Waals surface area (Å²) in [5.74, 6) is 0.645. The highest BCUT2D eigenvalue weighted by Gasteiger charge is 2.28. The summed E-state index contributed by atoms with van der Waals surface area (Å²) in [6.45, 7) is 3.66. The molecule has 0 bridgehead atoms. The molecule has 4 rings (SSSR count). The number of halogens is 1. The molecule has 2 aliphatic heterocycles. The Labute approximate surface area is 181 Å². The minimum Gasteiger partial charge on any atom is -0.384 e. The number of benzene rings is 1. The predicted molar refractivity (Wildman–Crippen MR) is 114 cm³/mol. The second-order valence-corrected chi connectivity index (χ2v) is 8.39. The summed E-state index contributed by atoms with van der Waals surface area (Å²) < 4.78 is 18.5. The molecule has 7 nitrogen and oxygen atoms in total. The molecular weight excluding hydrogens is 399 g/mol. The van der Waals surface area contributed by atoms with Crippen LogP contribution in [-0.2, 0) is 29.0 Å². The molecule has 0 unspecified atom stereocenters. The number of aromatic nitrogens is 2. The number of ether oxygens (including phenoxy) is 1. The van der Waals surface area contributed by atoms with Crippen molar-refractivity contribution in [1.82, 2.24) is 19.8 Å². The van der Waals surface area contributed by atoms with Gasteiger partial charge in [-0.05, 0) is 37.1 Å². The Kier molecular flexibility index (Phi) is 6.77. The van der Waals surface area contributed by atoms with Gasteiger partial charge in [-0.15, -0.1) is 0 Å². The van der Waals surface area contributed by atoms with E-state index in [1.54, 1.807) is 24.1 Å². The van der Waals surface area contributed by atoms with Crippen LogP contribution in [0.4, 0.5) is 4.39 Å². The van der Waals surface area contributed by atoms with Crippen molar-refractivity contribution in [2.45, 2.75) is 44.7 Å². The molecule has 3 heterocycles. The van der Waals surface area contributed by atoms with Gasteiger partial charge in [-0.25, -0.2) is 9.37 Å². The van der Waals surface area contributed by atoms with Crippen LogP contribution in [0.5, 0.6) is 0 Å². The summed E-state index contributed by atoms with van der Waals surface area (Å²) in [4.78, 5) is 36.9. The number of carbonyl (C=O) groups is 1. The van der Waals surface area contributed by atoms with E-state index in [9.17, 15) is 14.0 Å². The fourth-order valence-corrected chi connectivity index (χ4v) is 4.51. The summed E-state index contributed by atoms with van der Waals surface area (Å²) in [6, 6.07) is 6.70. The smallest absolute Gasteiger partial charge is 0.256 e. The maximum atomic E-state index is 13.5. The predicted octanol–water partition coefficient (Wildman–Crippen LogP) is 2.21. The van der Waals surface area contributed by atoms with E-state index in [1.165, 1.54) is 6.07 Å². The molecule has 31 heavy (non-hydrogen) atoms. The molecule has 1 N–H and O–H groups in total. The highest BCUT2D eigenvalue weighted by molar-refractivity contribution is 5.76. The van der Waals surface area contributed by atoms with Gasteiger partial charge in [0.15, 0.2) is 0 Å². The van der Waals surface area contributed by atoms with E-state index < -0.39 is 0 Å². The lowest BCUT2D eigenvalue weighted by atomic mass is 9.96. The van der Waals surface area contributed by atoms with Gasteiger partial charge in [-0.2, -0.15) is 0 Å². The minimum absolute atomic E-state index is 0.00347. The molecule has 1 atom stereocenters. The van der Waals surface area contributed by atoms with Crippen molar-refractivity contribution in [1.29, 1.82) is 0 Å². The number of piperidine rings is 1. The summed E-state index contributed by atoms with van der Waals surface area (Å²) >= 11 is 0.